The van der Waals surface area contributed by atoms with E-state index >= 15 is 0 Å². The molecule has 0 bridgehead atoms. The number of imide groups is 1. The quantitative estimate of drug-likeness (QED) is 0.753. The molecule has 3 atom stereocenters. The zero-order valence-electron chi connectivity index (χ0n) is 19.4. The molecule has 0 radical (unpaired) electrons. The van der Waals surface area contributed by atoms with Crippen LogP contribution in [0.5, 0.6) is 0 Å². The Kier molecular flexibility index (Phi) is 6.11. The zero-order valence-corrected chi connectivity index (χ0v) is 19.4. The Morgan fingerprint density at radius 1 is 1.26 bits per heavy atom. The van der Waals surface area contributed by atoms with Crippen molar-refractivity contribution in [2.45, 2.75) is 77.9 Å². The van der Waals surface area contributed by atoms with Crippen LogP contribution in [0.25, 0.3) is 10.9 Å². The fourth-order valence-electron chi connectivity index (χ4n) is 5.62. The Labute approximate surface area is 185 Å². The van der Waals surface area contributed by atoms with Crippen LogP contribution in [-0.2, 0) is 11.2 Å². The third-order valence-electron chi connectivity index (χ3n) is 6.82. The van der Waals surface area contributed by atoms with E-state index in [-0.39, 0.29) is 29.9 Å². The highest BCUT2D eigenvalue weighted by atomic mass is 16.2. The van der Waals surface area contributed by atoms with Gasteiger partial charge in [-0.25, -0.2) is 4.79 Å². The number of urea groups is 1. The zero-order chi connectivity index (χ0) is 22.3. The van der Waals surface area contributed by atoms with Crippen LogP contribution in [-0.4, -0.2) is 57.9 Å². The molecule has 1 aromatic carbocycles. The Morgan fingerprint density at radius 2 is 2.03 bits per heavy atom. The first kappa shape index (κ1) is 21.9. The van der Waals surface area contributed by atoms with Crippen LogP contribution in [0.4, 0.5) is 4.79 Å². The molecule has 1 saturated heterocycles. The maximum Gasteiger partial charge on any atom is 0.324 e. The Hall–Kier alpha value is -2.34. The van der Waals surface area contributed by atoms with Crippen molar-refractivity contribution in [3.05, 3.63) is 35.5 Å². The first-order valence-corrected chi connectivity index (χ1v) is 11.8. The minimum atomic E-state index is -0.280. The Morgan fingerprint density at radius 3 is 2.71 bits per heavy atom. The molecule has 2 heterocycles. The van der Waals surface area contributed by atoms with Gasteiger partial charge in [-0.05, 0) is 70.7 Å². The van der Waals surface area contributed by atoms with Gasteiger partial charge in [-0.3, -0.25) is 14.6 Å². The lowest BCUT2D eigenvalue weighted by atomic mass is 9.72. The number of likely N-dealkylation sites (tertiary alicyclic amines) is 1. The first-order valence-electron chi connectivity index (χ1n) is 11.8. The van der Waals surface area contributed by atoms with Crippen molar-refractivity contribution in [3.63, 3.8) is 0 Å². The second-order valence-electron chi connectivity index (χ2n) is 9.80. The van der Waals surface area contributed by atoms with E-state index in [1.165, 1.54) is 26.9 Å². The number of nitrogens with one attached hydrogen (secondary N) is 2. The van der Waals surface area contributed by atoms with E-state index in [1.54, 1.807) is 0 Å². The SMILES string of the molecule is CCCN1C[C@H](C(=O)N(C(=O)NC(C)C)C(C)C)C[C@@H]2c3cccc4[nH]cc(c34)C[C@H]21. The topological polar surface area (TPSA) is 68.4 Å². The Bertz CT molecular complexity index is 964. The third kappa shape index (κ3) is 3.98. The molecule has 1 aliphatic heterocycles. The molecule has 6 nitrogen and oxygen atoms in total. The highest BCUT2D eigenvalue weighted by Gasteiger charge is 2.44. The molecule has 2 aliphatic rings. The van der Waals surface area contributed by atoms with Crippen molar-refractivity contribution in [2.75, 3.05) is 13.1 Å². The minimum Gasteiger partial charge on any atom is -0.361 e. The molecule has 3 amide bonds. The highest BCUT2D eigenvalue weighted by Crippen LogP contribution is 2.45. The molecule has 0 saturated carbocycles. The molecule has 1 fully saturated rings. The lowest BCUT2D eigenvalue weighted by Gasteiger charge is -2.47. The second-order valence-corrected chi connectivity index (χ2v) is 9.80. The molecule has 2 N–H and O–H groups in total. The number of amides is 3. The summed E-state index contributed by atoms with van der Waals surface area (Å²) in [5.74, 6) is 0.0898. The number of hydrogen-bond acceptors (Lipinski definition) is 3. The minimum absolute atomic E-state index is 0.00293. The molecule has 168 valence electrons. The van der Waals surface area contributed by atoms with Gasteiger partial charge in [-0.2, -0.15) is 0 Å². The summed E-state index contributed by atoms with van der Waals surface area (Å²) in [6.07, 6.45) is 5.02. The van der Waals surface area contributed by atoms with Crippen LogP contribution in [0, 0.1) is 5.92 Å². The summed E-state index contributed by atoms with van der Waals surface area (Å²) < 4.78 is 0. The summed E-state index contributed by atoms with van der Waals surface area (Å²) in [4.78, 5) is 33.9. The van der Waals surface area contributed by atoms with Gasteiger partial charge >= 0.3 is 6.03 Å². The number of H-pyrrole nitrogens is 1. The molecule has 1 aliphatic carbocycles. The van der Waals surface area contributed by atoms with Crippen LogP contribution < -0.4 is 5.32 Å². The van der Waals surface area contributed by atoms with E-state index in [9.17, 15) is 9.59 Å². The van der Waals surface area contributed by atoms with Crippen molar-refractivity contribution in [2.24, 2.45) is 5.92 Å². The fourth-order valence-corrected chi connectivity index (χ4v) is 5.62. The third-order valence-corrected chi connectivity index (χ3v) is 6.82. The summed E-state index contributed by atoms with van der Waals surface area (Å²) in [5, 5.41) is 4.25. The van der Waals surface area contributed by atoms with E-state index in [2.05, 4.69) is 46.5 Å². The molecule has 2 aromatic rings. The van der Waals surface area contributed by atoms with Gasteiger partial charge in [0.15, 0.2) is 0 Å². The first-order chi connectivity index (χ1) is 14.8. The smallest absolute Gasteiger partial charge is 0.324 e. The van der Waals surface area contributed by atoms with Crippen LogP contribution in [0.1, 0.15) is 64.5 Å². The summed E-state index contributed by atoms with van der Waals surface area (Å²) in [6, 6.07) is 6.44. The molecule has 0 unspecified atom stereocenters. The van der Waals surface area contributed by atoms with E-state index in [4.69, 9.17) is 0 Å². The van der Waals surface area contributed by atoms with Crippen molar-refractivity contribution < 1.29 is 9.59 Å². The van der Waals surface area contributed by atoms with Crippen molar-refractivity contribution in [1.82, 2.24) is 20.1 Å². The molecule has 0 spiro atoms. The van der Waals surface area contributed by atoms with Gasteiger partial charge in [0.2, 0.25) is 5.91 Å². The molecular formula is C25H36N4O2. The van der Waals surface area contributed by atoms with Crippen molar-refractivity contribution >= 4 is 22.8 Å². The number of piperidine rings is 1. The number of fused-ring (bicyclic) bond motifs is 2. The number of carbonyl (C=O) groups is 2. The van der Waals surface area contributed by atoms with Gasteiger partial charge in [0.05, 0.1) is 5.92 Å². The molecule has 6 heteroatoms. The fraction of sp³-hybridized carbons (Fsp3) is 0.600. The van der Waals surface area contributed by atoms with Crippen molar-refractivity contribution in [1.29, 1.82) is 0 Å². The van der Waals surface area contributed by atoms with Crippen LogP contribution in [0.2, 0.25) is 0 Å². The highest BCUT2D eigenvalue weighted by molar-refractivity contribution is 5.96. The standard InChI is InChI=1S/C25H36N4O2/c1-6-10-28-14-18(24(30)29(16(4)5)25(31)27-15(2)3)11-20-19-8-7-9-21-23(19)17(13-26-21)12-22(20)28/h7-9,13,15-16,18,20,22,26H,6,10-12,14H2,1-5H3,(H,27,31)/t18-,20-,22-/m1/s1. The van der Waals surface area contributed by atoms with Gasteiger partial charge < -0.3 is 10.3 Å². The number of nitrogens with zero attached hydrogens (tertiary/aromatic N) is 2. The maximum atomic E-state index is 13.7. The average Bonchev–Trinajstić information content (AvgIpc) is 3.12. The van der Waals surface area contributed by atoms with Crippen LogP contribution in [0.15, 0.2) is 24.4 Å². The van der Waals surface area contributed by atoms with Gasteiger partial charge in [0, 0.05) is 47.7 Å². The largest absolute Gasteiger partial charge is 0.361 e. The van der Waals surface area contributed by atoms with E-state index in [1.807, 2.05) is 27.7 Å². The lowest BCUT2D eigenvalue weighted by Crippen LogP contribution is -2.57. The second kappa shape index (κ2) is 8.65. The van der Waals surface area contributed by atoms with E-state index in [0.29, 0.717) is 12.0 Å². The monoisotopic (exact) mass is 424 g/mol. The lowest BCUT2D eigenvalue weighted by molar-refractivity contribution is -0.136. The summed E-state index contributed by atoms with van der Waals surface area (Å²) in [5.41, 5.74) is 3.92. The molecule has 31 heavy (non-hydrogen) atoms. The molecular weight excluding hydrogens is 388 g/mol. The van der Waals surface area contributed by atoms with Crippen molar-refractivity contribution in [3.8, 4) is 0 Å². The number of benzene rings is 1. The predicted molar refractivity (Wildman–Crippen MR) is 124 cm³/mol. The summed E-state index contributed by atoms with van der Waals surface area (Å²) in [6.45, 7) is 11.6. The summed E-state index contributed by atoms with van der Waals surface area (Å²) in [7, 11) is 0. The van der Waals surface area contributed by atoms with Gasteiger partial charge in [-0.1, -0.05) is 19.1 Å². The summed E-state index contributed by atoms with van der Waals surface area (Å²) >= 11 is 0. The normalized spacial score (nSPS) is 23.3. The maximum absolute atomic E-state index is 13.7. The van der Waals surface area contributed by atoms with Crippen LogP contribution >= 0.6 is 0 Å². The van der Waals surface area contributed by atoms with Gasteiger partial charge in [0.25, 0.3) is 0 Å². The van der Waals surface area contributed by atoms with E-state index < -0.39 is 0 Å². The molecule has 4 rings (SSSR count). The number of hydrogen-bond donors (Lipinski definition) is 2. The van der Waals surface area contributed by atoms with E-state index in [0.717, 1.165) is 32.4 Å². The Balaban J connectivity index is 1.67. The van der Waals surface area contributed by atoms with Crippen LogP contribution in [0.3, 0.4) is 0 Å². The number of carbonyl (C=O) groups excluding carboxylic acids is 2. The van der Waals surface area contributed by atoms with Gasteiger partial charge in [-0.15, -0.1) is 0 Å². The number of aromatic amines is 1. The average molecular weight is 425 g/mol. The number of aromatic nitrogens is 1. The predicted octanol–water partition coefficient (Wildman–Crippen LogP) is 4.26. The number of rotatable bonds is 5. The molecule has 1 aromatic heterocycles. The van der Waals surface area contributed by atoms with Gasteiger partial charge in [0.1, 0.15) is 0 Å².